The molecule has 1 heterocycles. The minimum atomic E-state index is -0.107. The topological polar surface area (TPSA) is 54.9 Å². The molecule has 0 radical (unpaired) electrons. The van der Waals surface area contributed by atoms with Gasteiger partial charge in [-0.1, -0.05) is 29.3 Å². The van der Waals surface area contributed by atoms with Gasteiger partial charge in [0.2, 0.25) is 5.91 Å². The molecule has 0 spiro atoms. The van der Waals surface area contributed by atoms with Crippen molar-refractivity contribution in [2.75, 3.05) is 0 Å². The summed E-state index contributed by atoms with van der Waals surface area (Å²) < 4.78 is 0. The number of aromatic nitrogens is 2. The summed E-state index contributed by atoms with van der Waals surface area (Å²) in [6.45, 7) is 0.355. The van der Waals surface area contributed by atoms with Crippen LogP contribution in [0.5, 0.6) is 0 Å². The first-order valence-electron chi connectivity index (χ1n) is 5.62. The molecule has 0 aliphatic carbocycles. The fraction of sp³-hybridized carbons (Fsp3) is 0.154. The molecule has 98 valence electrons. The van der Waals surface area contributed by atoms with E-state index < -0.39 is 0 Å². The zero-order valence-electron chi connectivity index (χ0n) is 9.94. The number of carbonyl (C=O) groups is 1. The molecule has 1 aromatic heterocycles. The summed E-state index contributed by atoms with van der Waals surface area (Å²) in [5, 5.41) is 11.3. The van der Waals surface area contributed by atoms with Crippen molar-refractivity contribution >= 4 is 29.1 Å². The second-order valence-corrected chi connectivity index (χ2v) is 4.73. The SMILES string of the molecule is O=C(Cc1ccc(Cl)c(Cl)c1)NCc1cccnn1. The molecular formula is C13H11Cl2N3O. The summed E-state index contributed by atoms with van der Waals surface area (Å²) >= 11 is 11.7. The zero-order chi connectivity index (χ0) is 13.7. The van der Waals surface area contributed by atoms with Gasteiger partial charge in [-0.25, -0.2) is 0 Å². The number of hydrogen-bond donors (Lipinski definition) is 1. The van der Waals surface area contributed by atoms with Gasteiger partial charge >= 0.3 is 0 Å². The van der Waals surface area contributed by atoms with E-state index in [1.165, 1.54) is 0 Å². The number of benzene rings is 1. The van der Waals surface area contributed by atoms with Crippen molar-refractivity contribution < 1.29 is 4.79 Å². The summed E-state index contributed by atoms with van der Waals surface area (Å²) in [7, 11) is 0. The molecule has 2 aromatic rings. The Morgan fingerprint density at radius 3 is 2.74 bits per heavy atom. The van der Waals surface area contributed by atoms with E-state index >= 15 is 0 Å². The third kappa shape index (κ3) is 4.19. The Morgan fingerprint density at radius 1 is 1.21 bits per heavy atom. The molecule has 4 nitrogen and oxygen atoms in total. The highest BCUT2D eigenvalue weighted by molar-refractivity contribution is 6.42. The summed E-state index contributed by atoms with van der Waals surface area (Å²) in [4.78, 5) is 11.7. The van der Waals surface area contributed by atoms with E-state index in [9.17, 15) is 4.79 Å². The predicted molar refractivity (Wildman–Crippen MR) is 74.0 cm³/mol. The van der Waals surface area contributed by atoms with Crippen LogP contribution in [0.4, 0.5) is 0 Å². The van der Waals surface area contributed by atoms with E-state index in [4.69, 9.17) is 23.2 Å². The number of carbonyl (C=O) groups excluding carboxylic acids is 1. The van der Waals surface area contributed by atoms with Gasteiger partial charge in [-0.15, -0.1) is 0 Å². The first-order valence-corrected chi connectivity index (χ1v) is 6.38. The van der Waals surface area contributed by atoms with Crippen LogP contribution < -0.4 is 5.32 Å². The molecule has 0 aliphatic rings. The minimum absolute atomic E-state index is 0.107. The molecule has 0 saturated carbocycles. The van der Waals surface area contributed by atoms with Gasteiger partial charge in [-0.2, -0.15) is 10.2 Å². The van der Waals surface area contributed by atoms with Gasteiger partial charge < -0.3 is 5.32 Å². The molecule has 1 aromatic carbocycles. The lowest BCUT2D eigenvalue weighted by molar-refractivity contribution is -0.120. The quantitative estimate of drug-likeness (QED) is 0.943. The Bertz CT molecular complexity index is 575. The molecule has 1 N–H and O–H groups in total. The minimum Gasteiger partial charge on any atom is -0.350 e. The Hall–Kier alpha value is -1.65. The van der Waals surface area contributed by atoms with Gasteiger partial charge in [-0.05, 0) is 29.8 Å². The largest absolute Gasteiger partial charge is 0.350 e. The number of amides is 1. The third-order valence-corrected chi connectivity index (χ3v) is 3.18. The van der Waals surface area contributed by atoms with Crippen molar-refractivity contribution in [3.63, 3.8) is 0 Å². The fourth-order valence-corrected chi connectivity index (χ4v) is 1.84. The Balaban J connectivity index is 1.89. The second kappa shape index (κ2) is 6.50. The van der Waals surface area contributed by atoms with Crippen LogP contribution in [0.15, 0.2) is 36.5 Å². The van der Waals surface area contributed by atoms with Gasteiger partial charge in [0.15, 0.2) is 0 Å². The lowest BCUT2D eigenvalue weighted by Gasteiger charge is -2.05. The lowest BCUT2D eigenvalue weighted by Crippen LogP contribution is -2.25. The summed E-state index contributed by atoms with van der Waals surface area (Å²) in [5.41, 5.74) is 1.52. The number of hydrogen-bond acceptors (Lipinski definition) is 3. The van der Waals surface area contributed by atoms with Crippen LogP contribution in [0, 0.1) is 0 Å². The molecule has 19 heavy (non-hydrogen) atoms. The molecule has 0 saturated heterocycles. The normalized spacial score (nSPS) is 10.2. The third-order valence-electron chi connectivity index (χ3n) is 2.44. The van der Waals surface area contributed by atoms with E-state index in [1.807, 2.05) is 0 Å². The van der Waals surface area contributed by atoms with E-state index in [1.54, 1.807) is 36.5 Å². The van der Waals surface area contributed by atoms with E-state index in [2.05, 4.69) is 15.5 Å². The van der Waals surface area contributed by atoms with Crippen LogP contribution in [0.1, 0.15) is 11.3 Å². The average Bonchev–Trinajstić information content (AvgIpc) is 2.42. The molecular weight excluding hydrogens is 285 g/mol. The second-order valence-electron chi connectivity index (χ2n) is 3.92. The van der Waals surface area contributed by atoms with E-state index in [0.29, 0.717) is 22.3 Å². The van der Waals surface area contributed by atoms with Gasteiger partial charge in [0.05, 0.1) is 28.7 Å². The Kier molecular flexibility index (Phi) is 4.71. The zero-order valence-corrected chi connectivity index (χ0v) is 11.4. The first-order chi connectivity index (χ1) is 9.15. The monoisotopic (exact) mass is 295 g/mol. The molecule has 0 aliphatic heterocycles. The van der Waals surface area contributed by atoms with Gasteiger partial charge in [0.1, 0.15) is 0 Å². The van der Waals surface area contributed by atoms with Gasteiger partial charge in [-0.3, -0.25) is 4.79 Å². The number of halogens is 2. The van der Waals surface area contributed by atoms with Crippen LogP contribution in [-0.2, 0) is 17.8 Å². The van der Waals surface area contributed by atoms with Crippen molar-refractivity contribution in [2.45, 2.75) is 13.0 Å². The van der Waals surface area contributed by atoms with Crippen molar-refractivity contribution in [1.82, 2.24) is 15.5 Å². The highest BCUT2D eigenvalue weighted by atomic mass is 35.5. The van der Waals surface area contributed by atoms with Crippen molar-refractivity contribution in [2.24, 2.45) is 0 Å². The fourth-order valence-electron chi connectivity index (χ4n) is 1.51. The molecule has 0 bridgehead atoms. The van der Waals surface area contributed by atoms with E-state index in [-0.39, 0.29) is 12.3 Å². The smallest absolute Gasteiger partial charge is 0.224 e. The van der Waals surface area contributed by atoms with Crippen LogP contribution >= 0.6 is 23.2 Å². The maximum Gasteiger partial charge on any atom is 0.224 e. The number of nitrogens with zero attached hydrogens (tertiary/aromatic N) is 2. The molecule has 0 unspecified atom stereocenters. The van der Waals surface area contributed by atoms with E-state index in [0.717, 1.165) is 5.56 Å². The Labute approximate surface area is 120 Å². The summed E-state index contributed by atoms with van der Waals surface area (Å²) in [6, 6.07) is 8.71. The number of rotatable bonds is 4. The maximum absolute atomic E-state index is 11.7. The standard InChI is InChI=1S/C13H11Cl2N3O/c14-11-4-3-9(6-12(11)15)7-13(19)16-8-10-2-1-5-17-18-10/h1-6H,7-8H2,(H,16,19). The highest BCUT2D eigenvalue weighted by Crippen LogP contribution is 2.22. The first kappa shape index (κ1) is 13.8. The average molecular weight is 296 g/mol. The molecule has 2 rings (SSSR count). The van der Waals surface area contributed by atoms with Gasteiger partial charge in [0, 0.05) is 6.20 Å². The van der Waals surface area contributed by atoms with Crippen LogP contribution in [0.3, 0.4) is 0 Å². The summed E-state index contributed by atoms with van der Waals surface area (Å²) in [6.07, 6.45) is 1.83. The number of nitrogens with one attached hydrogen (secondary N) is 1. The highest BCUT2D eigenvalue weighted by Gasteiger charge is 2.06. The molecule has 0 fully saturated rings. The van der Waals surface area contributed by atoms with Crippen LogP contribution in [0.25, 0.3) is 0 Å². The lowest BCUT2D eigenvalue weighted by atomic mass is 10.1. The van der Waals surface area contributed by atoms with Crippen LogP contribution in [0.2, 0.25) is 10.0 Å². The predicted octanol–water partition coefficient (Wildman–Crippen LogP) is 2.64. The maximum atomic E-state index is 11.7. The van der Waals surface area contributed by atoms with Crippen molar-refractivity contribution in [3.05, 3.63) is 57.8 Å². The molecule has 1 amide bonds. The Morgan fingerprint density at radius 2 is 2.05 bits per heavy atom. The van der Waals surface area contributed by atoms with Crippen LogP contribution in [-0.4, -0.2) is 16.1 Å². The summed E-state index contributed by atoms with van der Waals surface area (Å²) in [5.74, 6) is -0.107. The van der Waals surface area contributed by atoms with Crippen molar-refractivity contribution in [3.8, 4) is 0 Å². The van der Waals surface area contributed by atoms with Crippen molar-refractivity contribution in [1.29, 1.82) is 0 Å². The molecule has 0 atom stereocenters. The van der Waals surface area contributed by atoms with Gasteiger partial charge in [0.25, 0.3) is 0 Å². The molecule has 6 heteroatoms.